The summed E-state index contributed by atoms with van der Waals surface area (Å²) >= 11 is 4.87. The molecule has 5 heteroatoms. The van der Waals surface area contributed by atoms with Crippen LogP contribution in [0.3, 0.4) is 0 Å². The molecule has 0 saturated heterocycles. The lowest BCUT2D eigenvalue weighted by Gasteiger charge is -2.22. The molecule has 3 N–H and O–H groups in total. The molecule has 0 saturated carbocycles. The number of aromatic nitrogens is 2. The molecule has 0 aliphatic heterocycles. The van der Waals surface area contributed by atoms with Gasteiger partial charge in [-0.3, -0.25) is 0 Å². The molecular formula is C9H14N4S. The first-order valence-electron chi connectivity index (χ1n) is 4.29. The minimum Gasteiger partial charge on any atom is -0.388 e. The highest BCUT2D eigenvalue weighted by molar-refractivity contribution is 7.80. The van der Waals surface area contributed by atoms with E-state index in [1.807, 2.05) is 20.8 Å². The average molecular weight is 210 g/mol. The molecule has 0 aromatic carbocycles. The Morgan fingerprint density at radius 3 is 2.43 bits per heavy atom. The standard InChI is InChI=1S/C9H14N4S/c1-9(2,3)13-8-6(7(10)14)11-4-5-12-8/h4-5H,1-3H3,(H2,10,14)(H,12,13). The summed E-state index contributed by atoms with van der Waals surface area (Å²) in [7, 11) is 0. The molecule has 1 aromatic heterocycles. The quantitative estimate of drug-likeness (QED) is 0.721. The van der Waals surface area contributed by atoms with Gasteiger partial charge in [0.15, 0.2) is 5.82 Å². The van der Waals surface area contributed by atoms with Crippen molar-refractivity contribution in [2.24, 2.45) is 5.73 Å². The number of thiocarbonyl (C=S) groups is 1. The second kappa shape index (κ2) is 3.88. The zero-order valence-corrected chi connectivity index (χ0v) is 9.35. The van der Waals surface area contributed by atoms with E-state index >= 15 is 0 Å². The minimum absolute atomic E-state index is 0.0877. The van der Waals surface area contributed by atoms with Gasteiger partial charge in [0.05, 0.1) is 0 Å². The zero-order chi connectivity index (χ0) is 10.8. The molecule has 4 nitrogen and oxygen atoms in total. The molecule has 14 heavy (non-hydrogen) atoms. The minimum atomic E-state index is -0.0877. The van der Waals surface area contributed by atoms with Crippen LogP contribution in [0.4, 0.5) is 5.82 Å². The van der Waals surface area contributed by atoms with Gasteiger partial charge in [-0.2, -0.15) is 0 Å². The molecule has 0 fully saturated rings. The third kappa shape index (κ3) is 2.92. The van der Waals surface area contributed by atoms with Crippen molar-refractivity contribution in [3.05, 3.63) is 18.1 Å². The Hall–Kier alpha value is -1.23. The molecule has 0 amide bonds. The van der Waals surface area contributed by atoms with Crippen LogP contribution in [0, 0.1) is 0 Å². The van der Waals surface area contributed by atoms with Crippen molar-refractivity contribution < 1.29 is 0 Å². The van der Waals surface area contributed by atoms with Gasteiger partial charge in [0.1, 0.15) is 10.7 Å². The van der Waals surface area contributed by atoms with Crippen molar-refractivity contribution in [2.75, 3.05) is 5.32 Å². The number of rotatable bonds is 2. The summed E-state index contributed by atoms with van der Waals surface area (Å²) in [4.78, 5) is 8.47. The fourth-order valence-electron chi connectivity index (χ4n) is 0.965. The van der Waals surface area contributed by atoms with Crippen LogP contribution >= 0.6 is 12.2 Å². The molecule has 0 spiro atoms. The maximum Gasteiger partial charge on any atom is 0.155 e. The molecule has 1 rings (SSSR count). The number of nitrogens with zero attached hydrogens (tertiary/aromatic N) is 2. The van der Waals surface area contributed by atoms with E-state index in [4.69, 9.17) is 18.0 Å². The van der Waals surface area contributed by atoms with E-state index in [9.17, 15) is 0 Å². The Kier molecular flexibility index (Phi) is 3.00. The van der Waals surface area contributed by atoms with Gasteiger partial charge in [0.2, 0.25) is 0 Å². The van der Waals surface area contributed by atoms with Crippen LogP contribution < -0.4 is 11.1 Å². The van der Waals surface area contributed by atoms with Crippen molar-refractivity contribution in [1.29, 1.82) is 0 Å². The third-order valence-corrected chi connectivity index (χ3v) is 1.62. The van der Waals surface area contributed by atoms with Gasteiger partial charge >= 0.3 is 0 Å². The smallest absolute Gasteiger partial charge is 0.155 e. The molecule has 1 aromatic rings. The Labute approximate surface area is 88.9 Å². The van der Waals surface area contributed by atoms with E-state index in [0.29, 0.717) is 11.5 Å². The molecule has 0 bridgehead atoms. The molecule has 0 atom stereocenters. The molecule has 0 aliphatic carbocycles. The molecule has 0 unspecified atom stereocenters. The van der Waals surface area contributed by atoms with E-state index in [2.05, 4.69) is 15.3 Å². The summed E-state index contributed by atoms with van der Waals surface area (Å²) in [6.07, 6.45) is 3.18. The number of anilines is 1. The van der Waals surface area contributed by atoms with Gasteiger partial charge in [-0.05, 0) is 20.8 Å². The van der Waals surface area contributed by atoms with E-state index in [1.165, 1.54) is 0 Å². The van der Waals surface area contributed by atoms with Crippen molar-refractivity contribution in [1.82, 2.24) is 9.97 Å². The number of nitrogens with one attached hydrogen (secondary N) is 1. The largest absolute Gasteiger partial charge is 0.388 e. The summed E-state index contributed by atoms with van der Waals surface area (Å²) in [5.41, 5.74) is 5.97. The Morgan fingerprint density at radius 1 is 1.36 bits per heavy atom. The summed E-state index contributed by atoms with van der Waals surface area (Å²) in [6, 6.07) is 0. The van der Waals surface area contributed by atoms with E-state index < -0.39 is 0 Å². The Bertz CT molecular complexity index is 343. The first kappa shape index (κ1) is 10.8. The molecular weight excluding hydrogens is 196 g/mol. The Morgan fingerprint density at radius 2 is 1.93 bits per heavy atom. The highest BCUT2D eigenvalue weighted by Crippen LogP contribution is 2.14. The number of hydrogen-bond donors (Lipinski definition) is 2. The predicted molar refractivity (Wildman–Crippen MR) is 61.3 cm³/mol. The molecule has 1 heterocycles. The van der Waals surface area contributed by atoms with E-state index in [1.54, 1.807) is 12.4 Å². The van der Waals surface area contributed by atoms with Crippen LogP contribution in [0.1, 0.15) is 26.5 Å². The summed E-state index contributed by atoms with van der Waals surface area (Å²) in [5.74, 6) is 0.632. The van der Waals surface area contributed by atoms with Gasteiger partial charge in [0, 0.05) is 17.9 Å². The number of nitrogens with two attached hydrogens (primary N) is 1. The van der Waals surface area contributed by atoms with Crippen LogP contribution in [0.2, 0.25) is 0 Å². The van der Waals surface area contributed by atoms with Gasteiger partial charge in [0.25, 0.3) is 0 Å². The Balaban J connectivity index is 3.02. The van der Waals surface area contributed by atoms with Crippen LogP contribution in [0.15, 0.2) is 12.4 Å². The highest BCUT2D eigenvalue weighted by Gasteiger charge is 2.14. The second-order valence-electron chi connectivity index (χ2n) is 3.99. The van der Waals surface area contributed by atoms with Crippen LogP contribution in [0.25, 0.3) is 0 Å². The third-order valence-electron chi connectivity index (χ3n) is 1.43. The van der Waals surface area contributed by atoms with Crippen LogP contribution in [-0.2, 0) is 0 Å². The van der Waals surface area contributed by atoms with Crippen molar-refractivity contribution in [3.8, 4) is 0 Å². The van der Waals surface area contributed by atoms with Crippen molar-refractivity contribution in [3.63, 3.8) is 0 Å². The monoisotopic (exact) mass is 210 g/mol. The normalized spacial score (nSPS) is 11.1. The summed E-state index contributed by atoms with van der Waals surface area (Å²) in [5, 5.41) is 3.19. The maximum atomic E-state index is 5.52. The van der Waals surface area contributed by atoms with E-state index in [-0.39, 0.29) is 10.5 Å². The fraction of sp³-hybridized carbons (Fsp3) is 0.444. The van der Waals surface area contributed by atoms with Crippen molar-refractivity contribution >= 4 is 23.0 Å². The average Bonchev–Trinajstić information content (AvgIpc) is 2.01. The van der Waals surface area contributed by atoms with Crippen molar-refractivity contribution in [2.45, 2.75) is 26.3 Å². The number of hydrogen-bond acceptors (Lipinski definition) is 4. The molecule has 0 radical (unpaired) electrons. The lowest BCUT2D eigenvalue weighted by molar-refractivity contribution is 0.629. The predicted octanol–water partition coefficient (Wildman–Crippen LogP) is 1.32. The summed E-state index contributed by atoms with van der Waals surface area (Å²) in [6.45, 7) is 6.10. The topological polar surface area (TPSA) is 63.8 Å². The first-order valence-corrected chi connectivity index (χ1v) is 4.70. The van der Waals surface area contributed by atoms with Gasteiger partial charge in [-0.15, -0.1) is 0 Å². The zero-order valence-electron chi connectivity index (χ0n) is 8.53. The fourth-order valence-corrected chi connectivity index (χ4v) is 1.11. The highest BCUT2D eigenvalue weighted by atomic mass is 32.1. The molecule has 0 aliphatic rings. The van der Waals surface area contributed by atoms with Crippen LogP contribution in [-0.4, -0.2) is 20.5 Å². The SMILES string of the molecule is CC(C)(C)Nc1nccnc1C(N)=S. The van der Waals surface area contributed by atoms with Crippen LogP contribution in [0.5, 0.6) is 0 Å². The second-order valence-corrected chi connectivity index (χ2v) is 4.43. The lowest BCUT2D eigenvalue weighted by Crippen LogP contribution is -2.29. The van der Waals surface area contributed by atoms with E-state index in [0.717, 1.165) is 0 Å². The maximum absolute atomic E-state index is 5.52. The molecule has 76 valence electrons. The summed E-state index contributed by atoms with van der Waals surface area (Å²) < 4.78 is 0. The van der Waals surface area contributed by atoms with Gasteiger partial charge < -0.3 is 11.1 Å². The van der Waals surface area contributed by atoms with Gasteiger partial charge in [-0.25, -0.2) is 9.97 Å². The van der Waals surface area contributed by atoms with Gasteiger partial charge in [-0.1, -0.05) is 12.2 Å². The lowest BCUT2D eigenvalue weighted by atomic mass is 10.1. The first-order chi connectivity index (χ1) is 6.40.